The summed E-state index contributed by atoms with van der Waals surface area (Å²) in [4.78, 5) is 21.0. The number of benzene rings is 1. The molecule has 0 N–H and O–H groups in total. The molecule has 1 aromatic rings. The van der Waals surface area contributed by atoms with Gasteiger partial charge in [0.15, 0.2) is 4.90 Å². The maximum absolute atomic E-state index is 12.5. The molecule has 0 saturated heterocycles. The number of nitro groups is 1. The molecular formula is C12H14N2O6S. The van der Waals surface area contributed by atoms with Gasteiger partial charge in [-0.3, -0.25) is 14.9 Å². The molecule has 0 aromatic heterocycles. The molecule has 0 unspecified atom stereocenters. The van der Waals surface area contributed by atoms with Crippen molar-refractivity contribution in [2.24, 2.45) is 0 Å². The summed E-state index contributed by atoms with van der Waals surface area (Å²) in [6.07, 6.45) is 1.27. The van der Waals surface area contributed by atoms with Crippen molar-refractivity contribution >= 4 is 21.7 Å². The van der Waals surface area contributed by atoms with Gasteiger partial charge < -0.3 is 4.74 Å². The molecule has 0 saturated carbocycles. The van der Waals surface area contributed by atoms with Gasteiger partial charge in [-0.05, 0) is 6.07 Å². The van der Waals surface area contributed by atoms with Crippen molar-refractivity contribution in [3.63, 3.8) is 0 Å². The SMILES string of the molecule is C=CCN(CC(=O)OC)S(=O)(=O)c1ccccc1[N+](=O)[O-]. The van der Waals surface area contributed by atoms with Crippen LogP contribution in [0.4, 0.5) is 5.69 Å². The van der Waals surface area contributed by atoms with Crippen LogP contribution < -0.4 is 0 Å². The van der Waals surface area contributed by atoms with Gasteiger partial charge in [0.05, 0.1) is 12.0 Å². The van der Waals surface area contributed by atoms with Crippen LogP contribution in [0, 0.1) is 10.1 Å². The second-order valence-electron chi connectivity index (χ2n) is 3.89. The third-order valence-corrected chi connectivity index (χ3v) is 4.40. The van der Waals surface area contributed by atoms with E-state index in [1.165, 1.54) is 18.2 Å². The second kappa shape index (κ2) is 6.95. The van der Waals surface area contributed by atoms with Crippen molar-refractivity contribution in [1.29, 1.82) is 0 Å². The summed E-state index contributed by atoms with van der Waals surface area (Å²) in [5, 5.41) is 10.9. The molecule has 8 nitrogen and oxygen atoms in total. The van der Waals surface area contributed by atoms with E-state index >= 15 is 0 Å². The molecule has 1 rings (SSSR count). The molecule has 0 amide bonds. The summed E-state index contributed by atoms with van der Waals surface area (Å²) in [5.74, 6) is -0.779. The number of hydrogen-bond acceptors (Lipinski definition) is 6. The Morgan fingerprint density at radius 1 is 1.48 bits per heavy atom. The minimum Gasteiger partial charge on any atom is -0.468 e. The topological polar surface area (TPSA) is 107 Å². The smallest absolute Gasteiger partial charge is 0.321 e. The van der Waals surface area contributed by atoms with Crippen molar-refractivity contribution in [3.05, 3.63) is 47.0 Å². The number of rotatable bonds is 7. The van der Waals surface area contributed by atoms with E-state index in [1.807, 2.05) is 0 Å². The molecule has 0 fully saturated rings. The Morgan fingerprint density at radius 3 is 2.62 bits per heavy atom. The van der Waals surface area contributed by atoms with Crippen LogP contribution in [0.3, 0.4) is 0 Å². The van der Waals surface area contributed by atoms with Gasteiger partial charge >= 0.3 is 5.97 Å². The Balaban J connectivity index is 3.32. The van der Waals surface area contributed by atoms with Crippen LogP contribution in [0.2, 0.25) is 0 Å². The van der Waals surface area contributed by atoms with Crippen LogP contribution in [0.25, 0.3) is 0 Å². The first-order valence-electron chi connectivity index (χ1n) is 5.76. The van der Waals surface area contributed by atoms with Gasteiger partial charge in [0, 0.05) is 12.6 Å². The minimum atomic E-state index is -4.22. The number of sulfonamides is 1. The van der Waals surface area contributed by atoms with Crippen LogP contribution in [0.5, 0.6) is 0 Å². The molecular weight excluding hydrogens is 300 g/mol. The normalized spacial score (nSPS) is 11.1. The van der Waals surface area contributed by atoms with E-state index in [9.17, 15) is 23.3 Å². The molecule has 0 spiro atoms. The van der Waals surface area contributed by atoms with Gasteiger partial charge in [0.2, 0.25) is 0 Å². The Hall–Kier alpha value is -2.26. The lowest BCUT2D eigenvalue weighted by molar-refractivity contribution is -0.387. The van der Waals surface area contributed by atoms with E-state index in [0.29, 0.717) is 0 Å². The fourth-order valence-corrected chi connectivity index (χ4v) is 3.08. The highest BCUT2D eigenvalue weighted by Gasteiger charge is 2.32. The van der Waals surface area contributed by atoms with E-state index in [4.69, 9.17) is 0 Å². The van der Waals surface area contributed by atoms with E-state index in [-0.39, 0.29) is 6.54 Å². The molecule has 0 aliphatic rings. The Kier molecular flexibility index (Phi) is 5.56. The lowest BCUT2D eigenvalue weighted by atomic mass is 10.3. The minimum absolute atomic E-state index is 0.177. The zero-order chi connectivity index (χ0) is 16.0. The van der Waals surface area contributed by atoms with E-state index < -0.39 is 38.0 Å². The summed E-state index contributed by atoms with van der Waals surface area (Å²) in [7, 11) is -3.11. The molecule has 9 heteroatoms. The number of para-hydroxylation sites is 1. The zero-order valence-electron chi connectivity index (χ0n) is 11.3. The lowest BCUT2D eigenvalue weighted by Crippen LogP contribution is -2.36. The molecule has 0 bridgehead atoms. The fraction of sp³-hybridized carbons (Fsp3) is 0.250. The first-order valence-corrected chi connectivity index (χ1v) is 7.20. The first-order chi connectivity index (χ1) is 9.84. The number of carbonyl (C=O) groups excluding carboxylic acids is 1. The lowest BCUT2D eigenvalue weighted by Gasteiger charge is -2.19. The summed E-state index contributed by atoms with van der Waals surface area (Å²) in [6.45, 7) is 2.67. The predicted octanol–water partition coefficient (Wildman–Crippen LogP) is 0.944. The van der Waals surface area contributed by atoms with E-state index in [0.717, 1.165) is 23.5 Å². The summed E-state index contributed by atoms with van der Waals surface area (Å²) >= 11 is 0. The van der Waals surface area contributed by atoms with Crippen LogP contribution in [-0.2, 0) is 19.6 Å². The summed E-state index contributed by atoms with van der Waals surface area (Å²) in [5.41, 5.74) is -0.559. The highest BCUT2D eigenvalue weighted by Crippen LogP contribution is 2.26. The Labute approximate surface area is 121 Å². The Bertz CT molecular complexity index is 655. The van der Waals surface area contributed by atoms with Gasteiger partial charge in [0.1, 0.15) is 6.54 Å². The van der Waals surface area contributed by atoms with Crippen molar-refractivity contribution in [3.8, 4) is 0 Å². The van der Waals surface area contributed by atoms with Crippen LogP contribution >= 0.6 is 0 Å². The highest BCUT2D eigenvalue weighted by molar-refractivity contribution is 7.89. The third-order valence-electron chi connectivity index (χ3n) is 2.55. The van der Waals surface area contributed by atoms with Crippen molar-refractivity contribution in [2.45, 2.75) is 4.90 Å². The molecule has 0 aliphatic carbocycles. The maximum atomic E-state index is 12.5. The molecule has 0 aliphatic heterocycles. The van der Waals surface area contributed by atoms with E-state index in [1.54, 1.807) is 0 Å². The molecule has 0 atom stereocenters. The molecule has 0 heterocycles. The Morgan fingerprint density at radius 2 is 2.10 bits per heavy atom. The van der Waals surface area contributed by atoms with Crippen LogP contribution in [-0.4, -0.2) is 43.8 Å². The average Bonchev–Trinajstić information content (AvgIpc) is 2.46. The van der Waals surface area contributed by atoms with Crippen molar-refractivity contribution in [1.82, 2.24) is 4.31 Å². The third kappa shape index (κ3) is 3.86. The predicted molar refractivity (Wildman–Crippen MR) is 74.1 cm³/mol. The average molecular weight is 314 g/mol. The largest absolute Gasteiger partial charge is 0.468 e. The number of esters is 1. The van der Waals surface area contributed by atoms with Gasteiger partial charge in [-0.1, -0.05) is 18.2 Å². The monoisotopic (exact) mass is 314 g/mol. The molecule has 114 valence electrons. The summed E-state index contributed by atoms with van der Waals surface area (Å²) in [6, 6.07) is 4.91. The number of methoxy groups -OCH3 is 1. The molecule has 1 aromatic carbocycles. The maximum Gasteiger partial charge on any atom is 0.321 e. The van der Waals surface area contributed by atoms with Crippen molar-refractivity contribution < 1.29 is 22.9 Å². The number of carbonyl (C=O) groups is 1. The molecule has 21 heavy (non-hydrogen) atoms. The number of hydrogen-bond donors (Lipinski definition) is 0. The quantitative estimate of drug-likeness (QED) is 0.321. The first kappa shape index (κ1) is 16.8. The second-order valence-corrected chi connectivity index (χ2v) is 5.79. The van der Waals surface area contributed by atoms with Gasteiger partial charge in [-0.25, -0.2) is 8.42 Å². The zero-order valence-corrected chi connectivity index (χ0v) is 12.1. The van der Waals surface area contributed by atoms with Crippen LogP contribution in [0.1, 0.15) is 0 Å². The fourth-order valence-electron chi connectivity index (χ4n) is 1.57. The number of nitro benzene ring substituents is 1. The molecule has 0 radical (unpaired) electrons. The highest BCUT2D eigenvalue weighted by atomic mass is 32.2. The van der Waals surface area contributed by atoms with Gasteiger partial charge in [0.25, 0.3) is 15.7 Å². The van der Waals surface area contributed by atoms with E-state index in [2.05, 4.69) is 11.3 Å². The standard InChI is InChI=1S/C12H14N2O6S/c1-3-8-13(9-12(15)20-2)21(18,19)11-7-5-4-6-10(11)14(16)17/h3-7H,1,8-9H2,2H3. The number of nitrogens with zero attached hydrogens (tertiary/aromatic N) is 2. The van der Waals surface area contributed by atoms with Crippen molar-refractivity contribution in [2.75, 3.05) is 20.2 Å². The van der Waals surface area contributed by atoms with Gasteiger partial charge in [-0.15, -0.1) is 6.58 Å². The van der Waals surface area contributed by atoms with Crippen LogP contribution in [0.15, 0.2) is 41.8 Å². The summed E-state index contributed by atoms with van der Waals surface area (Å²) < 4.78 is 30.1. The number of ether oxygens (including phenoxy) is 1. The van der Waals surface area contributed by atoms with Gasteiger partial charge in [-0.2, -0.15) is 4.31 Å².